The van der Waals surface area contributed by atoms with Gasteiger partial charge in [-0.15, -0.1) is 0 Å². The van der Waals surface area contributed by atoms with E-state index in [9.17, 15) is 9.90 Å². The fraction of sp³-hybridized carbons (Fsp3) is 0.917. The summed E-state index contributed by atoms with van der Waals surface area (Å²) in [6.45, 7) is 0.261. The van der Waals surface area contributed by atoms with E-state index in [-0.39, 0.29) is 12.5 Å². The maximum absolute atomic E-state index is 11.1. The molecule has 2 N–H and O–H groups in total. The topological polar surface area (TPSA) is 57.5 Å². The number of aliphatic carboxylic acids is 1. The number of fused-ring (bicyclic) bond motifs is 5. The van der Waals surface area contributed by atoms with E-state index in [1.54, 1.807) is 0 Å². The molecule has 0 aromatic carbocycles. The van der Waals surface area contributed by atoms with Gasteiger partial charge in [-0.25, -0.2) is 0 Å². The van der Waals surface area contributed by atoms with Gasteiger partial charge in [0.25, 0.3) is 0 Å². The third-order valence-electron chi connectivity index (χ3n) is 5.21. The van der Waals surface area contributed by atoms with E-state index in [1.807, 2.05) is 0 Å². The van der Waals surface area contributed by atoms with Crippen LogP contribution in [0.5, 0.6) is 0 Å². The maximum Gasteiger partial charge on any atom is 0.306 e. The molecule has 3 saturated carbocycles. The summed E-state index contributed by atoms with van der Waals surface area (Å²) in [7, 11) is 0. The average molecular weight is 210 g/mol. The zero-order valence-electron chi connectivity index (χ0n) is 8.80. The van der Waals surface area contributed by atoms with Crippen LogP contribution in [0.4, 0.5) is 0 Å². The van der Waals surface area contributed by atoms with Crippen LogP contribution < -0.4 is 0 Å². The summed E-state index contributed by atoms with van der Waals surface area (Å²) in [4.78, 5) is 11.1. The van der Waals surface area contributed by atoms with Crippen LogP contribution in [0.1, 0.15) is 25.7 Å². The summed E-state index contributed by atoms with van der Waals surface area (Å²) in [5, 5.41) is 18.5. The summed E-state index contributed by atoms with van der Waals surface area (Å²) in [5.74, 6) is 1.97. The van der Waals surface area contributed by atoms with E-state index in [2.05, 4.69) is 0 Å². The predicted molar refractivity (Wildman–Crippen MR) is 54.1 cm³/mol. The minimum Gasteiger partial charge on any atom is -0.481 e. The second kappa shape index (κ2) is 3.21. The fourth-order valence-corrected chi connectivity index (χ4v) is 4.74. The van der Waals surface area contributed by atoms with Crippen molar-refractivity contribution in [3.8, 4) is 0 Å². The van der Waals surface area contributed by atoms with Crippen molar-refractivity contribution < 1.29 is 15.0 Å². The lowest BCUT2D eigenvalue weighted by atomic mass is 9.73. The van der Waals surface area contributed by atoms with Crippen LogP contribution in [0, 0.1) is 35.5 Å². The van der Waals surface area contributed by atoms with E-state index in [0.29, 0.717) is 23.7 Å². The van der Waals surface area contributed by atoms with E-state index in [1.165, 1.54) is 6.42 Å². The highest BCUT2D eigenvalue weighted by atomic mass is 16.4. The molecule has 0 aromatic rings. The van der Waals surface area contributed by atoms with Gasteiger partial charge >= 0.3 is 5.97 Å². The lowest BCUT2D eigenvalue weighted by Gasteiger charge is -2.32. The van der Waals surface area contributed by atoms with Crippen molar-refractivity contribution in [2.24, 2.45) is 35.5 Å². The van der Waals surface area contributed by atoms with Gasteiger partial charge in [-0.3, -0.25) is 4.79 Å². The van der Waals surface area contributed by atoms with Crippen LogP contribution in [0.25, 0.3) is 0 Å². The molecule has 3 aliphatic carbocycles. The van der Waals surface area contributed by atoms with E-state index in [0.717, 1.165) is 25.2 Å². The quantitative estimate of drug-likeness (QED) is 0.723. The highest BCUT2D eigenvalue weighted by Crippen LogP contribution is 2.62. The molecule has 0 heterocycles. The Morgan fingerprint density at radius 2 is 2.00 bits per heavy atom. The number of carbonyl (C=O) groups is 1. The first kappa shape index (κ1) is 9.64. The van der Waals surface area contributed by atoms with Crippen LogP contribution in [0.3, 0.4) is 0 Å². The van der Waals surface area contributed by atoms with Crippen LogP contribution in [-0.4, -0.2) is 22.8 Å². The van der Waals surface area contributed by atoms with Crippen molar-refractivity contribution in [1.82, 2.24) is 0 Å². The Labute approximate surface area is 89.5 Å². The van der Waals surface area contributed by atoms with Gasteiger partial charge < -0.3 is 10.2 Å². The molecule has 15 heavy (non-hydrogen) atoms. The Hall–Kier alpha value is -0.570. The van der Waals surface area contributed by atoms with Crippen molar-refractivity contribution >= 4 is 5.97 Å². The number of carboxylic acids is 1. The second-order valence-electron chi connectivity index (χ2n) is 5.60. The Balaban J connectivity index is 1.84. The summed E-state index contributed by atoms with van der Waals surface area (Å²) in [6.07, 6.45) is 4.36. The zero-order chi connectivity index (χ0) is 10.6. The molecular weight excluding hydrogens is 192 g/mol. The molecule has 84 valence electrons. The molecule has 6 atom stereocenters. The average Bonchev–Trinajstić information content (AvgIpc) is 2.88. The minimum absolute atomic E-state index is 0.108. The van der Waals surface area contributed by atoms with Crippen molar-refractivity contribution in [2.45, 2.75) is 25.7 Å². The molecule has 2 bridgehead atoms. The Kier molecular flexibility index (Phi) is 2.06. The Bertz CT molecular complexity index is 289. The van der Waals surface area contributed by atoms with Crippen LogP contribution in [0.2, 0.25) is 0 Å². The number of carboxylic acid groups (broad SMARTS) is 1. The highest BCUT2D eigenvalue weighted by molar-refractivity contribution is 5.71. The lowest BCUT2D eigenvalue weighted by molar-refractivity contribution is -0.145. The molecule has 3 rings (SSSR count). The molecule has 3 aliphatic rings. The van der Waals surface area contributed by atoms with Crippen LogP contribution >= 0.6 is 0 Å². The Morgan fingerprint density at radius 3 is 2.67 bits per heavy atom. The van der Waals surface area contributed by atoms with Gasteiger partial charge in [0.05, 0.1) is 5.92 Å². The number of hydrogen-bond donors (Lipinski definition) is 2. The minimum atomic E-state index is -0.607. The molecule has 0 radical (unpaired) electrons. The monoisotopic (exact) mass is 210 g/mol. The van der Waals surface area contributed by atoms with E-state index < -0.39 is 5.97 Å². The largest absolute Gasteiger partial charge is 0.481 e. The number of rotatable bonds is 2. The fourth-order valence-electron chi connectivity index (χ4n) is 4.74. The van der Waals surface area contributed by atoms with Gasteiger partial charge in [-0.1, -0.05) is 0 Å². The summed E-state index contributed by atoms with van der Waals surface area (Å²) < 4.78 is 0. The molecule has 0 spiro atoms. The summed E-state index contributed by atoms with van der Waals surface area (Å²) in [6, 6.07) is 0. The van der Waals surface area contributed by atoms with Crippen LogP contribution in [-0.2, 0) is 4.79 Å². The van der Waals surface area contributed by atoms with Gasteiger partial charge in [0, 0.05) is 6.61 Å². The van der Waals surface area contributed by atoms with Crippen molar-refractivity contribution in [3.63, 3.8) is 0 Å². The summed E-state index contributed by atoms with van der Waals surface area (Å²) >= 11 is 0. The van der Waals surface area contributed by atoms with E-state index in [4.69, 9.17) is 5.11 Å². The smallest absolute Gasteiger partial charge is 0.306 e. The number of aliphatic hydroxyl groups is 1. The number of aliphatic hydroxyl groups excluding tert-OH is 1. The molecule has 0 amide bonds. The van der Waals surface area contributed by atoms with Crippen molar-refractivity contribution in [2.75, 3.05) is 6.61 Å². The first-order valence-electron chi connectivity index (χ1n) is 6.06. The first-order chi connectivity index (χ1) is 7.22. The van der Waals surface area contributed by atoms with Crippen molar-refractivity contribution in [3.05, 3.63) is 0 Å². The third-order valence-corrected chi connectivity index (χ3v) is 5.21. The van der Waals surface area contributed by atoms with E-state index >= 15 is 0 Å². The van der Waals surface area contributed by atoms with Gasteiger partial charge in [0.1, 0.15) is 0 Å². The Morgan fingerprint density at radius 1 is 1.20 bits per heavy atom. The molecule has 0 aliphatic heterocycles. The zero-order valence-corrected chi connectivity index (χ0v) is 8.80. The molecule has 6 unspecified atom stereocenters. The lowest BCUT2D eigenvalue weighted by Crippen LogP contribution is -2.33. The van der Waals surface area contributed by atoms with Crippen LogP contribution in [0.15, 0.2) is 0 Å². The molecule has 0 aromatic heterocycles. The van der Waals surface area contributed by atoms with Gasteiger partial charge in [0.15, 0.2) is 0 Å². The normalized spacial score (nSPS) is 52.1. The van der Waals surface area contributed by atoms with Gasteiger partial charge in [-0.2, -0.15) is 0 Å². The predicted octanol–water partition coefficient (Wildman–Crippen LogP) is 1.36. The molecule has 3 fully saturated rings. The van der Waals surface area contributed by atoms with Gasteiger partial charge in [-0.05, 0) is 55.3 Å². The molecular formula is C12H18O3. The molecule has 0 saturated heterocycles. The highest BCUT2D eigenvalue weighted by Gasteiger charge is 2.58. The van der Waals surface area contributed by atoms with Gasteiger partial charge in [0.2, 0.25) is 0 Å². The second-order valence-corrected chi connectivity index (χ2v) is 5.60. The standard InChI is InChI=1S/C12H18O3/c13-5-6-1-2-8-7-3-9(11(6)8)10(4-7)12(14)15/h6-11,13H,1-5H2,(H,14,15). The van der Waals surface area contributed by atoms with Crippen molar-refractivity contribution in [1.29, 1.82) is 0 Å². The third kappa shape index (κ3) is 1.19. The SMILES string of the molecule is O=C(O)C1CC2CC1C1C(CO)CCC21. The maximum atomic E-state index is 11.1. The summed E-state index contributed by atoms with van der Waals surface area (Å²) in [5.41, 5.74) is 0. The molecule has 3 nitrogen and oxygen atoms in total. The molecule has 3 heteroatoms. The number of hydrogen-bond acceptors (Lipinski definition) is 2. The first-order valence-corrected chi connectivity index (χ1v) is 6.06.